The molecular weight excluding hydrogens is 306 g/mol. The summed E-state index contributed by atoms with van der Waals surface area (Å²) >= 11 is 0. The van der Waals surface area contributed by atoms with E-state index < -0.39 is 5.60 Å². The zero-order chi connectivity index (χ0) is 17.3. The maximum atomic E-state index is 12.9. The zero-order valence-corrected chi connectivity index (χ0v) is 14.3. The molecule has 1 fully saturated rings. The Kier molecular flexibility index (Phi) is 4.32. The van der Waals surface area contributed by atoms with Crippen molar-refractivity contribution in [2.24, 2.45) is 7.05 Å². The number of benzene rings is 1. The molecule has 1 N–H and O–H groups in total. The quantitative estimate of drug-likeness (QED) is 0.931. The summed E-state index contributed by atoms with van der Waals surface area (Å²) in [4.78, 5) is 14.6. The molecule has 3 rings (SSSR count). The molecule has 6 heteroatoms. The van der Waals surface area contributed by atoms with Gasteiger partial charge in [-0.05, 0) is 43.5 Å². The molecule has 6 nitrogen and oxygen atoms in total. The third kappa shape index (κ3) is 2.78. The summed E-state index contributed by atoms with van der Waals surface area (Å²) in [6, 6.07) is 8.79. The largest absolute Gasteiger partial charge is 0.497 e. The topological polar surface area (TPSA) is 67.6 Å². The Bertz CT molecular complexity index is 721. The number of aromatic nitrogens is 2. The Morgan fingerprint density at radius 3 is 2.62 bits per heavy atom. The van der Waals surface area contributed by atoms with Crippen molar-refractivity contribution in [3.05, 3.63) is 47.8 Å². The Morgan fingerprint density at radius 1 is 1.33 bits per heavy atom. The van der Waals surface area contributed by atoms with Crippen molar-refractivity contribution in [1.29, 1.82) is 0 Å². The Labute approximate surface area is 141 Å². The van der Waals surface area contributed by atoms with Gasteiger partial charge in [-0.2, -0.15) is 5.10 Å². The Balaban J connectivity index is 1.88. The summed E-state index contributed by atoms with van der Waals surface area (Å²) in [6.07, 6.45) is 3.25. The zero-order valence-electron chi connectivity index (χ0n) is 14.3. The van der Waals surface area contributed by atoms with Gasteiger partial charge in [-0.1, -0.05) is 12.1 Å². The minimum absolute atomic E-state index is 0.0914. The van der Waals surface area contributed by atoms with Gasteiger partial charge >= 0.3 is 0 Å². The molecule has 2 aromatic rings. The molecule has 0 aliphatic carbocycles. The summed E-state index contributed by atoms with van der Waals surface area (Å²) in [7, 11) is 3.36. The van der Waals surface area contributed by atoms with Crippen molar-refractivity contribution in [3.63, 3.8) is 0 Å². The number of methoxy groups -OCH3 is 1. The highest BCUT2D eigenvalue weighted by Crippen LogP contribution is 2.36. The van der Waals surface area contributed by atoms with Crippen molar-refractivity contribution in [2.45, 2.75) is 31.4 Å². The van der Waals surface area contributed by atoms with Gasteiger partial charge in [0.2, 0.25) is 0 Å². The van der Waals surface area contributed by atoms with Gasteiger partial charge in [0.05, 0.1) is 13.2 Å². The van der Waals surface area contributed by atoms with Gasteiger partial charge in [-0.25, -0.2) is 0 Å². The minimum Gasteiger partial charge on any atom is -0.497 e. The molecule has 1 saturated heterocycles. The highest BCUT2D eigenvalue weighted by Gasteiger charge is 2.43. The monoisotopic (exact) mass is 329 g/mol. The van der Waals surface area contributed by atoms with E-state index >= 15 is 0 Å². The number of carbonyl (C=O) groups excluding carboxylic acids is 1. The Morgan fingerprint density at radius 2 is 2.04 bits per heavy atom. The van der Waals surface area contributed by atoms with E-state index in [1.54, 1.807) is 42.9 Å². The van der Waals surface area contributed by atoms with Gasteiger partial charge in [-0.3, -0.25) is 9.48 Å². The van der Waals surface area contributed by atoms with E-state index in [9.17, 15) is 9.90 Å². The van der Waals surface area contributed by atoms with Crippen molar-refractivity contribution in [3.8, 4) is 5.75 Å². The van der Waals surface area contributed by atoms with Crippen LogP contribution in [0.15, 0.2) is 36.5 Å². The molecule has 0 unspecified atom stereocenters. The number of hydrogen-bond acceptors (Lipinski definition) is 4. The number of aryl methyl sites for hydroxylation is 1. The number of carbonyl (C=O) groups is 1. The molecule has 1 aliphatic rings. The number of amides is 1. The maximum absolute atomic E-state index is 12.9. The molecule has 0 spiro atoms. The number of likely N-dealkylation sites (tertiary alicyclic amines) is 1. The first-order valence-corrected chi connectivity index (χ1v) is 8.11. The van der Waals surface area contributed by atoms with Crippen LogP contribution in [-0.4, -0.2) is 45.4 Å². The number of hydrogen-bond donors (Lipinski definition) is 1. The molecule has 0 saturated carbocycles. The fraction of sp³-hybridized carbons (Fsp3) is 0.444. The maximum Gasteiger partial charge on any atom is 0.272 e. The number of ether oxygens (including phenoxy) is 1. The molecule has 1 amide bonds. The summed E-state index contributed by atoms with van der Waals surface area (Å²) < 4.78 is 6.74. The second-order valence-electron chi connectivity index (χ2n) is 6.37. The predicted molar refractivity (Wildman–Crippen MR) is 89.8 cm³/mol. The molecule has 0 bridgehead atoms. The van der Waals surface area contributed by atoms with E-state index in [0.717, 1.165) is 24.2 Å². The van der Waals surface area contributed by atoms with Crippen molar-refractivity contribution in [1.82, 2.24) is 14.7 Å². The van der Waals surface area contributed by atoms with Gasteiger partial charge in [-0.15, -0.1) is 0 Å². The fourth-order valence-corrected chi connectivity index (χ4v) is 3.45. The van der Waals surface area contributed by atoms with E-state index in [1.165, 1.54) is 0 Å². The normalized spacial score (nSPS) is 20.0. The fourth-order valence-electron chi connectivity index (χ4n) is 3.45. The molecule has 128 valence electrons. The molecule has 24 heavy (non-hydrogen) atoms. The molecule has 2 heterocycles. The lowest BCUT2D eigenvalue weighted by atomic mass is 9.86. The SMILES string of the molecule is COc1ccc([C@](C)(O)[C@H]2CCCN2C(=O)c2ccnn2C)cc1. The van der Waals surface area contributed by atoms with Crippen LogP contribution in [0.25, 0.3) is 0 Å². The van der Waals surface area contributed by atoms with E-state index in [4.69, 9.17) is 4.74 Å². The number of aliphatic hydroxyl groups is 1. The molecule has 1 aromatic heterocycles. The second kappa shape index (κ2) is 6.28. The molecule has 1 aliphatic heterocycles. The summed E-state index contributed by atoms with van der Waals surface area (Å²) in [5, 5.41) is 15.2. The van der Waals surface area contributed by atoms with Gasteiger partial charge in [0.1, 0.15) is 17.0 Å². The van der Waals surface area contributed by atoms with Crippen LogP contribution in [0.1, 0.15) is 35.8 Å². The summed E-state index contributed by atoms with van der Waals surface area (Å²) in [6.45, 7) is 2.41. The lowest BCUT2D eigenvalue weighted by Gasteiger charge is -2.37. The lowest BCUT2D eigenvalue weighted by Crippen LogP contribution is -2.48. The number of nitrogens with zero attached hydrogens (tertiary/aromatic N) is 3. The van der Waals surface area contributed by atoms with Crippen LogP contribution < -0.4 is 4.74 Å². The smallest absolute Gasteiger partial charge is 0.272 e. The van der Waals surface area contributed by atoms with Crippen LogP contribution in [0.4, 0.5) is 0 Å². The Hall–Kier alpha value is -2.34. The summed E-state index contributed by atoms with van der Waals surface area (Å²) in [5.41, 5.74) is 0.183. The molecular formula is C18H23N3O3. The predicted octanol–water partition coefficient (Wildman–Crippen LogP) is 1.94. The van der Waals surface area contributed by atoms with Gasteiger partial charge in [0, 0.05) is 19.8 Å². The third-order valence-electron chi connectivity index (χ3n) is 4.88. The van der Waals surface area contributed by atoms with E-state index in [2.05, 4.69) is 5.10 Å². The van der Waals surface area contributed by atoms with Gasteiger partial charge in [0.25, 0.3) is 5.91 Å². The highest BCUT2D eigenvalue weighted by molar-refractivity contribution is 5.93. The van der Waals surface area contributed by atoms with E-state index in [-0.39, 0.29) is 11.9 Å². The van der Waals surface area contributed by atoms with E-state index in [1.807, 2.05) is 24.3 Å². The van der Waals surface area contributed by atoms with Crippen molar-refractivity contribution >= 4 is 5.91 Å². The number of rotatable bonds is 4. The average molecular weight is 329 g/mol. The van der Waals surface area contributed by atoms with Crippen LogP contribution in [0.5, 0.6) is 5.75 Å². The minimum atomic E-state index is -1.13. The first-order valence-electron chi connectivity index (χ1n) is 8.11. The highest BCUT2D eigenvalue weighted by atomic mass is 16.5. The third-order valence-corrected chi connectivity index (χ3v) is 4.88. The lowest BCUT2D eigenvalue weighted by molar-refractivity contribution is -0.0180. The van der Waals surface area contributed by atoms with Crippen LogP contribution in [0.2, 0.25) is 0 Å². The van der Waals surface area contributed by atoms with Crippen LogP contribution in [0, 0.1) is 0 Å². The van der Waals surface area contributed by atoms with Crippen LogP contribution >= 0.6 is 0 Å². The molecule has 1 aromatic carbocycles. The standard InChI is InChI=1S/C18H23N3O3/c1-18(23,13-6-8-14(24-3)9-7-13)16-5-4-12-21(16)17(22)15-10-11-19-20(15)2/h6-11,16,23H,4-5,12H2,1-3H3/t16-,18+/m1/s1. The van der Waals surface area contributed by atoms with Crippen molar-refractivity contribution < 1.29 is 14.6 Å². The van der Waals surface area contributed by atoms with Crippen LogP contribution in [-0.2, 0) is 12.6 Å². The first kappa shape index (κ1) is 16.5. The first-order chi connectivity index (χ1) is 11.4. The average Bonchev–Trinajstić information content (AvgIpc) is 3.23. The van der Waals surface area contributed by atoms with Gasteiger partial charge < -0.3 is 14.7 Å². The second-order valence-corrected chi connectivity index (χ2v) is 6.37. The summed E-state index contributed by atoms with van der Waals surface area (Å²) in [5.74, 6) is 0.648. The molecule has 2 atom stereocenters. The molecule has 0 radical (unpaired) electrons. The van der Waals surface area contributed by atoms with Crippen LogP contribution in [0.3, 0.4) is 0 Å². The van der Waals surface area contributed by atoms with E-state index in [0.29, 0.717) is 12.2 Å². The van der Waals surface area contributed by atoms with Crippen molar-refractivity contribution in [2.75, 3.05) is 13.7 Å². The van der Waals surface area contributed by atoms with Gasteiger partial charge in [0.15, 0.2) is 0 Å².